The normalized spacial score (nSPS) is 12.9. The quantitative estimate of drug-likeness (QED) is 0.364. The molecule has 0 N–H and O–H groups in total. The molecule has 2 nitrogen and oxygen atoms in total. The van der Waals surface area contributed by atoms with Crippen molar-refractivity contribution in [1.82, 2.24) is 0 Å². The molecule has 0 bridgehead atoms. The molecule has 0 amide bonds. The van der Waals surface area contributed by atoms with Gasteiger partial charge in [0.25, 0.3) is 0 Å². The van der Waals surface area contributed by atoms with Crippen molar-refractivity contribution in [3.63, 3.8) is 0 Å². The van der Waals surface area contributed by atoms with Crippen LogP contribution in [0, 0.1) is 10.7 Å². The minimum atomic E-state index is -3.70. The summed E-state index contributed by atoms with van der Waals surface area (Å²) in [6.45, 7) is 0. The summed E-state index contributed by atoms with van der Waals surface area (Å²) in [5.74, 6) is 0. The van der Waals surface area contributed by atoms with E-state index < -0.39 is 8.78 Å². The van der Waals surface area contributed by atoms with Gasteiger partial charge in [0.1, 0.15) is 5.40 Å². The van der Waals surface area contributed by atoms with Crippen molar-refractivity contribution in [1.29, 1.82) is 5.26 Å². The van der Waals surface area contributed by atoms with E-state index in [1.165, 1.54) is 0 Å². The van der Waals surface area contributed by atoms with Gasteiger partial charge in [-0.25, -0.2) is 0 Å². The highest BCUT2D eigenvalue weighted by Gasteiger charge is 2.48. The molecule has 0 aliphatic rings. The average Bonchev–Trinajstić information content (AvgIpc) is 2.67. The van der Waals surface area contributed by atoms with Gasteiger partial charge >= 0.3 is 0 Å². The summed E-state index contributed by atoms with van der Waals surface area (Å²) >= 11 is 0. The van der Waals surface area contributed by atoms with Crippen LogP contribution in [0.2, 0.25) is 0 Å². The van der Waals surface area contributed by atoms with E-state index in [1.807, 2.05) is 91.0 Å². The topological polar surface area (TPSA) is 40.9 Å². The van der Waals surface area contributed by atoms with Crippen LogP contribution in [0.5, 0.6) is 0 Å². The highest BCUT2D eigenvalue weighted by atomic mass is 32.8. The predicted molar refractivity (Wildman–Crippen MR) is 96.3 cm³/mol. The number of hydrogen-bond acceptors (Lipinski definition) is 2. The van der Waals surface area contributed by atoms with Crippen LogP contribution in [0.3, 0.4) is 0 Å². The van der Waals surface area contributed by atoms with Gasteiger partial charge in [0, 0.05) is 14.7 Å². The van der Waals surface area contributed by atoms with Gasteiger partial charge in [-0.1, -0.05) is 63.4 Å². The Hall–Kier alpha value is -2.40. The van der Waals surface area contributed by atoms with E-state index in [0.717, 1.165) is 14.7 Å². The highest BCUT2D eigenvalue weighted by Crippen LogP contribution is 2.92. The van der Waals surface area contributed by atoms with Crippen molar-refractivity contribution >= 4 is 16.4 Å². The maximum Gasteiger partial charge on any atom is 0.213 e. The largest absolute Gasteiger partial charge is 0.263 e. The lowest BCUT2D eigenvalue weighted by atomic mass is 10.4. The Morgan fingerprint density at radius 2 is 0.957 bits per heavy atom. The van der Waals surface area contributed by atoms with Gasteiger partial charge in [-0.15, -0.1) is 0 Å². The van der Waals surface area contributed by atoms with E-state index in [4.69, 9.17) is 0 Å². The average molecular weight is 337 g/mol. The van der Waals surface area contributed by atoms with E-state index in [1.54, 1.807) is 0 Å². The molecule has 0 heterocycles. The Balaban J connectivity index is 2.53. The molecular formula is C19H16NOPS. The molecule has 0 atom stereocenters. The number of thiocyanates is 1. The molecule has 3 aromatic rings. The summed E-state index contributed by atoms with van der Waals surface area (Å²) in [4.78, 5) is 2.44. The minimum absolute atomic E-state index is 0.158. The van der Waals surface area contributed by atoms with E-state index in [0.29, 0.717) is 0 Å². The molecule has 3 aromatic carbocycles. The van der Waals surface area contributed by atoms with Gasteiger partial charge in [-0.2, -0.15) is 5.26 Å². The summed E-state index contributed by atoms with van der Waals surface area (Å²) in [7, 11) is -3.86. The number of hydrogen-bond donors (Lipinski definition) is 1. The van der Waals surface area contributed by atoms with Crippen molar-refractivity contribution in [3.8, 4) is 5.40 Å². The molecule has 0 radical (unpaired) electrons. The SMILES string of the molecule is N#C[SH](P=O)(c1ccccc1)(c1ccccc1)c1ccccc1. The molecule has 0 aliphatic carbocycles. The van der Waals surface area contributed by atoms with Crippen LogP contribution in [0.25, 0.3) is 0 Å². The van der Waals surface area contributed by atoms with Gasteiger partial charge in [-0.05, 0) is 36.4 Å². The second-order valence-corrected chi connectivity index (χ2v) is 12.2. The maximum atomic E-state index is 12.7. The van der Waals surface area contributed by atoms with Crippen molar-refractivity contribution in [3.05, 3.63) is 91.0 Å². The number of nitrogens with zero attached hydrogens (tertiary/aromatic N) is 1. The molecule has 0 spiro atoms. The van der Waals surface area contributed by atoms with E-state index in [-0.39, 0.29) is 7.66 Å². The van der Waals surface area contributed by atoms with E-state index >= 15 is 0 Å². The third-order valence-electron chi connectivity index (χ3n) is 4.13. The second-order valence-electron chi connectivity index (χ2n) is 5.26. The number of rotatable bonds is 4. The van der Waals surface area contributed by atoms with Crippen molar-refractivity contribution in [2.24, 2.45) is 0 Å². The first-order valence-corrected chi connectivity index (χ1v) is 11.0. The molecule has 4 heteroatoms. The second kappa shape index (κ2) is 6.01. The van der Waals surface area contributed by atoms with Crippen molar-refractivity contribution in [2.75, 3.05) is 0 Å². The molecular weight excluding hydrogens is 321 g/mol. The Labute approximate surface area is 137 Å². The fraction of sp³-hybridized carbons (Fsp3) is 0. The monoisotopic (exact) mass is 337 g/mol. The molecule has 0 fully saturated rings. The lowest BCUT2D eigenvalue weighted by Gasteiger charge is -2.50. The van der Waals surface area contributed by atoms with Crippen LogP contribution in [0.15, 0.2) is 106 Å². The zero-order chi connectivity index (χ0) is 16.2. The molecule has 0 unspecified atom stereocenters. The first-order chi connectivity index (χ1) is 11.3. The number of nitriles is 1. The van der Waals surface area contributed by atoms with Crippen LogP contribution in [0.4, 0.5) is 0 Å². The lowest BCUT2D eigenvalue weighted by molar-refractivity contribution is 0.605. The lowest BCUT2D eigenvalue weighted by Crippen LogP contribution is -2.11. The van der Waals surface area contributed by atoms with Gasteiger partial charge in [0.2, 0.25) is 7.66 Å². The Kier molecular flexibility index (Phi) is 4.05. The molecule has 3 rings (SSSR count). The fourth-order valence-electron chi connectivity index (χ4n) is 2.93. The molecule has 0 saturated heterocycles. The van der Waals surface area contributed by atoms with Gasteiger partial charge < -0.3 is 0 Å². The standard InChI is InChI=1S/C19H16NOPS/c20-16-23(22-21,17-10-4-1-5-11-17,18-12-6-2-7-13-18)19-14-8-3-9-15-19/h1-15,23H. The van der Waals surface area contributed by atoms with E-state index in [2.05, 4.69) is 5.40 Å². The third-order valence-corrected chi connectivity index (χ3v) is 12.1. The summed E-state index contributed by atoms with van der Waals surface area (Å²) in [6.07, 6.45) is 0. The zero-order valence-electron chi connectivity index (χ0n) is 12.4. The fourth-order valence-corrected chi connectivity index (χ4v) is 8.91. The first-order valence-electron chi connectivity index (χ1n) is 7.23. The van der Waals surface area contributed by atoms with Gasteiger partial charge in [0.15, 0.2) is 0 Å². The van der Waals surface area contributed by atoms with Gasteiger partial charge in [-0.3, -0.25) is 4.57 Å². The Morgan fingerprint density at radius 3 is 1.17 bits per heavy atom. The summed E-state index contributed by atoms with van der Waals surface area (Å²) in [6, 6.07) is 28.5. The predicted octanol–water partition coefficient (Wildman–Crippen LogP) is 5.92. The van der Waals surface area contributed by atoms with Crippen molar-refractivity contribution < 1.29 is 4.57 Å². The van der Waals surface area contributed by atoms with Crippen LogP contribution in [-0.4, -0.2) is 0 Å². The molecule has 114 valence electrons. The first kappa shape index (κ1) is 15.5. The Bertz CT molecular complexity index is 761. The van der Waals surface area contributed by atoms with Crippen molar-refractivity contribution in [2.45, 2.75) is 14.7 Å². The minimum Gasteiger partial charge on any atom is -0.263 e. The number of benzene rings is 3. The highest BCUT2D eigenvalue weighted by molar-refractivity contribution is 8.84. The van der Waals surface area contributed by atoms with Gasteiger partial charge in [0.05, 0.1) is 0 Å². The molecule has 0 saturated carbocycles. The van der Waals surface area contributed by atoms with Crippen LogP contribution in [-0.2, 0) is 4.57 Å². The maximum absolute atomic E-state index is 12.7. The third kappa shape index (κ3) is 2.11. The zero-order valence-corrected chi connectivity index (χ0v) is 14.2. The molecule has 0 aliphatic heterocycles. The van der Waals surface area contributed by atoms with E-state index in [9.17, 15) is 9.83 Å². The summed E-state index contributed by atoms with van der Waals surface area (Å²) in [5, 5.41) is 12.9. The van der Waals surface area contributed by atoms with Crippen LogP contribution in [0.1, 0.15) is 0 Å². The molecule has 23 heavy (non-hydrogen) atoms. The molecule has 0 aromatic heterocycles. The summed E-state index contributed by atoms with van der Waals surface area (Å²) in [5.41, 5.74) is 0. The Morgan fingerprint density at radius 1 is 0.652 bits per heavy atom. The number of thiol groups is 1. The van der Waals surface area contributed by atoms with Crippen LogP contribution < -0.4 is 0 Å². The summed E-state index contributed by atoms with van der Waals surface area (Å²) < 4.78 is 12.7. The van der Waals surface area contributed by atoms with Crippen LogP contribution >= 0.6 is 16.4 Å². The smallest absolute Gasteiger partial charge is 0.213 e.